The lowest BCUT2D eigenvalue weighted by molar-refractivity contribution is -0.386. The number of hydrogen-bond donors (Lipinski definition) is 1. The van der Waals surface area contributed by atoms with Crippen LogP contribution < -0.4 is 5.32 Å². The normalized spacial score (nSPS) is 16.4. The molecule has 1 aromatic rings. The van der Waals surface area contributed by atoms with E-state index in [0.29, 0.717) is 10.7 Å². The van der Waals surface area contributed by atoms with Gasteiger partial charge in [0, 0.05) is 31.3 Å². The molecule has 1 aromatic heterocycles. The van der Waals surface area contributed by atoms with E-state index >= 15 is 0 Å². The summed E-state index contributed by atoms with van der Waals surface area (Å²) in [7, 11) is 0. The van der Waals surface area contributed by atoms with E-state index < -0.39 is 4.92 Å². The van der Waals surface area contributed by atoms with Gasteiger partial charge < -0.3 is 5.32 Å². The van der Waals surface area contributed by atoms with E-state index in [4.69, 9.17) is 11.6 Å². The fourth-order valence-electron chi connectivity index (χ4n) is 1.38. The molecule has 1 saturated heterocycles. The molecule has 0 atom stereocenters. The van der Waals surface area contributed by atoms with Crippen molar-refractivity contribution in [3.05, 3.63) is 33.1 Å². The van der Waals surface area contributed by atoms with Crippen molar-refractivity contribution in [1.82, 2.24) is 10.3 Å². The fraction of sp³-hybridized carbons (Fsp3) is 0.375. The Labute approximate surface area is 85.2 Å². The Morgan fingerprint density at radius 2 is 2.36 bits per heavy atom. The lowest BCUT2D eigenvalue weighted by Crippen LogP contribution is -2.40. The number of aromatic nitrogens is 1. The Balaban J connectivity index is 2.41. The Hall–Kier alpha value is -1.20. The van der Waals surface area contributed by atoms with Crippen LogP contribution in [0.5, 0.6) is 0 Å². The maximum absolute atomic E-state index is 10.7. The van der Waals surface area contributed by atoms with Gasteiger partial charge in [-0.3, -0.25) is 15.1 Å². The molecule has 1 aliphatic heterocycles. The summed E-state index contributed by atoms with van der Waals surface area (Å²) in [6.45, 7) is 1.49. The van der Waals surface area contributed by atoms with Crippen molar-refractivity contribution >= 4 is 17.3 Å². The van der Waals surface area contributed by atoms with Crippen LogP contribution in [0, 0.1) is 10.1 Å². The fourth-order valence-corrected chi connectivity index (χ4v) is 1.53. The summed E-state index contributed by atoms with van der Waals surface area (Å²) in [4.78, 5) is 14.3. The molecule has 74 valence electrons. The standard InChI is InChI=1S/C8H8ClN3O2/c9-6-1-7(12(13)14)8(11-4-6)5-2-10-3-5/h1,4-5,10H,2-3H2. The molecule has 6 heteroatoms. The van der Waals surface area contributed by atoms with Gasteiger partial charge in [-0.15, -0.1) is 0 Å². The van der Waals surface area contributed by atoms with E-state index in [0.717, 1.165) is 13.1 Å². The van der Waals surface area contributed by atoms with E-state index in [-0.39, 0.29) is 11.6 Å². The summed E-state index contributed by atoms with van der Waals surface area (Å²) in [5.74, 6) is 0.146. The largest absolute Gasteiger partial charge is 0.315 e. The average molecular weight is 214 g/mol. The van der Waals surface area contributed by atoms with Gasteiger partial charge in [0.15, 0.2) is 0 Å². The quantitative estimate of drug-likeness (QED) is 0.595. The first-order valence-electron chi connectivity index (χ1n) is 4.19. The summed E-state index contributed by atoms with van der Waals surface area (Å²) in [5.41, 5.74) is 0.544. The molecule has 0 amide bonds. The van der Waals surface area contributed by atoms with Crippen LogP contribution in [0.3, 0.4) is 0 Å². The number of hydrogen-bond acceptors (Lipinski definition) is 4. The van der Waals surface area contributed by atoms with Crippen LogP contribution in [0.4, 0.5) is 5.69 Å². The maximum atomic E-state index is 10.7. The van der Waals surface area contributed by atoms with Crippen molar-refractivity contribution in [3.8, 4) is 0 Å². The predicted molar refractivity (Wildman–Crippen MR) is 51.5 cm³/mol. The molecule has 2 heterocycles. The number of rotatable bonds is 2. The van der Waals surface area contributed by atoms with Crippen LogP contribution in [0.2, 0.25) is 5.02 Å². The third kappa shape index (κ3) is 1.56. The SMILES string of the molecule is O=[N+]([O-])c1cc(Cl)cnc1C1CNC1. The minimum absolute atomic E-state index is 0.0176. The van der Waals surface area contributed by atoms with Crippen molar-refractivity contribution < 1.29 is 4.92 Å². The molecule has 0 saturated carbocycles. The van der Waals surface area contributed by atoms with Gasteiger partial charge >= 0.3 is 0 Å². The molecular formula is C8H8ClN3O2. The highest BCUT2D eigenvalue weighted by molar-refractivity contribution is 6.30. The number of nitrogens with zero attached hydrogens (tertiary/aromatic N) is 2. The second-order valence-corrected chi connectivity index (χ2v) is 3.61. The van der Waals surface area contributed by atoms with Crippen LogP contribution in [0.15, 0.2) is 12.3 Å². The Bertz CT molecular complexity index is 379. The molecule has 0 radical (unpaired) electrons. The molecule has 1 N–H and O–H groups in total. The van der Waals surface area contributed by atoms with Crippen molar-refractivity contribution in [3.63, 3.8) is 0 Å². The molecule has 14 heavy (non-hydrogen) atoms. The molecular weight excluding hydrogens is 206 g/mol. The van der Waals surface area contributed by atoms with Gasteiger partial charge in [0.25, 0.3) is 5.69 Å². The highest BCUT2D eigenvalue weighted by Crippen LogP contribution is 2.28. The number of pyridine rings is 1. The van der Waals surface area contributed by atoms with Gasteiger partial charge in [-0.05, 0) is 0 Å². The molecule has 0 bridgehead atoms. The van der Waals surface area contributed by atoms with E-state index in [1.807, 2.05) is 0 Å². The van der Waals surface area contributed by atoms with Gasteiger partial charge in [-0.2, -0.15) is 0 Å². The predicted octanol–water partition coefficient (Wildman–Crippen LogP) is 1.33. The third-order valence-corrected chi connectivity index (χ3v) is 2.44. The molecule has 0 aromatic carbocycles. The molecule has 1 aliphatic rings. The van der Waals surface area contributed by atoms with Crippen LogP contribution >= 0.6 is 11.6 Å². The Morgan fingerprint density at radius 3 is 2.86 bits per heavy atom. The van der Waals surface area contributed by atoms with Crippen molar-refractivity contribution in [2.45, 2.75) is 5.92 Å². The van der Waals surface area contributed by atoms with Crippen LogP contribution in [0.25, 0.3) is 0 Å². The topological polar surface area (TPSA) is 68.1 Å². The lowest BCUT2D eigenvalue weighted by atomic mass is 9.97. The van der Waals surface area contributed by atoms with Gasteiger partial charge in [-0.25, -0.2) is 0 Å². The summed E-state index contributed by atoms with van der Waals surface area (Å²) in [5, 5.41) is 14.0. The number of nitro groups is 1. The van der Waals surface area contributed by atoms with Crippen molar-refractivity contribution in [2.24, 2.45) is 0 Å². The first kappa shape index (κ1) is 9.36. The Morgan fingerprint density at radius 1 is 1.64 bits per heavy atom. The molecule has 5 nitrogen and oxygen atoms in total. The lowest BCUT2D eigenvalue weighted by Gasteiger charge is -2.25. The van der Waals surface area contributed by atoms with Crippen LogP contribution in [-0.4, -0.2) is 23.0 Å². The summed E-state index contributed by atoms with van der Waals surface area (Å²) < 4.78 is 0. The molecule has 0 spiro atoms. The molecule has 0 unspecified atom stereocenters. The summed E-state index contributed by atoms with van der Waals surface area (Å²) >= 11 is 5.64. The molecule has 0 aliphatic carbocycles. The van der Waals surface area contributed by atoms with E-state index in [9.17, 15) is 10.1 Å². The Kier molecular flexibility index (Phi) is 2.35. The number of halogens is 1. The zero-order chi connectivity index (χ0) is 10.1. The number of nitrogens with one attached hydrogen (secondary N) is 1. The van der Waals surface area contributed by atoms with Crippen LogP contribution in [-0.2, 0) is 0 Å². The van der Waals surface area contributed by atoms with E-state index in [1.54, 1.807) is 0 Å². The van der Waals surface area contributed by atoms with Gasteiger partial charge in [0.05, 0.1) is 9.95 Å². The van der Waals surface area contributed by atoms with Gasteiger partial charge in [0.2, 0.25) is 0 Å². The van der Waals surface area contributed by atoms with Gasteiger partial charge in [0.1, 0.15) is 5.69 Å². The molecule has 2 rings (SSSR count). The summed E-state index contributed by atoms with van der Waals surface area (Å²) in [6.07, 6.45) is 1.45. The zero-order valence-electron chi connectivity index (χ0n) is 7.24. The molecule has 1 fully saturated rings. The first-order chi connectivity index (χ1) is 6.68. The van der Waals surface area contributed by atoms with E-state index in [2.05, 4.69) is 10.3 Å². The second-order valence-electron chi connectivity index (χ2n) is 3.17. The van der Waals surface area contributed by atoms with Crippen LogP contribution in [0.1, 0.15) is 11.6 Å². The van der Waals surface area contributed by atoms with Crippen molar-refractivity contribution in [1.29, 1.82) is 0 Å². The smallest absolute Gasteiger partial charge is 0.292 e. The monoisotopic (exact) mass is 213 g/mol. The first-order valence-corrected chi connectivity index (χ1v) is 4.57. The highest BCUT2D eigenvalue weighted by Gasteiger charge is 2.28. The van der Waals surface area contributed by atoms with Gasteiger partial charge in [-0.1, -0.05) is 11.6 Å². The minimum Gasteiger partial charge on any atom is -0.315 e. The summed E-state index contributed by atoms with van der Waals surface area (Å²) in [6, 6.07) is 1.35. The third-order valence-electron chi connectivity index (χ3n) is 2.23. The minimum atomic E-state index is -0.438. The van der Waals surface area contributed by atoms with Crippen molar-refractivity contribution in [2.75, 3.05) is 13.1 Å². The van der Waals surface area contributed by atoms with E-state index in [1.165, 1.54) is 12.3 Å². The average Bonchev–Trinajstić information content (AvgIpc) is 2.04. The maximum Gasteiger partial charge on any atom is 0.292 e. The second kappa shape index (κ2) is 3.51. The zero-order valence-corrected chi connectivity index (χ0v) is 7.99. The highest BCUT2D eigenvalue weighted by atomic mass is 35.5.